The zero-order chi connectivity index (χ0) is 19.3. The Morgan fingerprint density at radius 3 is 2.71 bits per heavy atom. The summed E-state index contributed by atoms with van der Waals surface area (Å²) in [5, 5.41) is 12.5. The molecule has 1 aliphatic rings. The van der Waals surface area contributed by atoms with Crippen molar-refractivity contribution < 1.29 is 4.39 Å². The first kappa shape index (κ1) is 17.1. The van der Waals surface area contributed by atoms with E-state index >= 15 is 4.39 Å². The lowest BCUT2D eigenvalue weighted by Gasteiger charge is -2.30. The van der Waals surface area contributed by atoms with E-state index in [9.17, 15) is 0 Å². The zero-order valence-electron chi connectivity index (χ0n) is 15.9. The molecule has 0 saturated carbocycles. The number of H-pyrrole nitrogens is 1. The molecule has 1 aliphatic heterocycles. The fourth-order valence-corrected chi connectivity index (χ4v) is 3.85. The standard InChI is InChI=1S/C21H21FN6/c1-13-6-14(11-28-4-3-5-28)7-17(22)20(13)18-8-16-19(10-23-18)25-26-21(16)15-9-24-27(2)12-15/h6-10,12H,3-5,11H2,1-2H3,(H,25,26). The molecule has 6 nitrogen and oxygen atoms in total. The predicted molar refractivity (Wildman–Crippen MR) is 106 cm³/mol. The first-order valence-electron chi connectivity index (χ1n) is 9.43. The van der Waals surface area contributed by atoms with Gasteiger partial charge in [0, 0.05) is 36.3 Å². The smallest absolute Gasteiger partial charge is 0.133 e. The molecule has 7 heteroatoms. The Labute approximate surface area is 162 Å². The van der Waals surface area contributed by atoms with Gasteiger partial charge in [0.15, 0.2) is 0 Å². The Kier molecular flexibility index (Phi) is 3.98. The van der Waals surface area contributed by atoms with Crippen LogP contribution in [0.5, 0.6) is 0 Å². The Hall–Kier alpha value is -3.06. The lowest BCUT2D eigenvalue weighted by molar-refractivity contribution is 0.172. The summed E-state index contributed by atoms with van der Waals surface area (Å²) in [6.07, 6.45) is 6.62. The fraction of sp³-hybridized carbons (Fsp3) is 0.286. The van der Waals surface area contributed by atoms with Crippen LogP contribution in [0.3, 0.4) is 0 Å². The average molecular weight is 376 g/mol. The van der Waals surface area contributed by atoms with Gasteiger partial charge in [-0.05, 0) is 49.7 Å². The third-order valence-electron chi connectivity index (χ3n) is 5.38. The van der Waals surface area contributed by atoms with Crippen molar-refractivity contribution in [2.24, 2.45) is 7.05 Å². The van der Waals surface area contributed by atoms with E-state index in [1.54, 1.807) is 23.1 Å². The van der Waals surface area contributed by atoms with Gasteiger partial charge in [0.2, 0.25) is 0 Å². The zero-order valence-corrected chi connectivity index (χ0v) is 15.9. The maximum atomic E-state index is 15.0. The second-order valence-corrected chi connectivity index (χ2v) is 7.49. The molecule has 0 unspecified atom stereocenters. The summed E-state index contributed by atoms with van der Waals surface area (Å²) >= 11 is 0. The maximum Gasteiger partial charge on any atom is 0.133 e. The molecule has 0 spiro atoms. The second-order valence-electron chi connectivity index (χ2n) is 7.49. The van der Waals surface area contributed by atoms with Gasteiger partial charge >= 0.3 is 0 Å². The summed E-state index contributed by atoms with van der Waals surface area (Å²) in [4.78, 5) is 6.81. The van der Waals surface area contributed by atoms with E-state index < -0.39 is 0 Å². The van der Waals surface area contributed by atoms with Gasteiger partial charge in [-0.1, -0.05) is 6.07 Å². The molecule has 4 heterocycles. The minimum absolute atomic E-state index is 0.228. The van der Waals surface area contributed by atoms with Gasteiger partial charge in [0.1, 0.15) is 11.5 Å². The first-order chi connectivity index (χ1) is 13.6. The van der Waals surface area contributed by atoms with E-state index in [0.717, 1.165) is 52.9 Å². The van der Waals surface area contributed by atoms with Crippen LogP contribution < -0.4 is 0 Å². The van der Waals surface area contributed by atoms with E-state index in [2.05, 4.69) is 31.2 Å². The highest BCUT2D eigenvalue weighted by atomic mass is 19.1. The molecule has 5 rings (SSSR count). The number of hydrogen-bond donors (Lipinski definition) is 1. The highest BCUT2D eigenvalue weighted by Gasteiger charge is 2.18. The molecule has 0 aliphatic carbocycles. The molecule has 1 fully saturated rings. The molecule has 0 radical (unpaired) electrons. The molecule has 28 heavy (non-hydrogen) atoms. The van der Waals surface area contributed by atoms with Crippen molar-refractivity contribution in [3.8, 4) is 22.5 Å². The van der Waals surface area contributed by atoms with Crippen molar-refractivity contribution >= 4 is 10.9 Å². The highest BCUT2D eigenvalue weighted by molar-refractivity contribution is 5.94. The highest BCUT2D eigenvalue weighted by Crippen LogP contribution is 2.32. The van der Waals surface area contributed by atoms with Crippen molar-refractivity contribution in [3.05, 3.63) is 53.7 Å². The molecule has 1 N–H and O–H groups in total. The van der Waals surface area contributed by atoms with Gasteiger partial charge in [-0.25, -0.2) is 4.39 Å². The Balaban J connectivity index is 1.57. The van der Waals surface area contributed by atoms with Crippen LogP contribution in [0.1, 0.15) is 17.5 Å². The van der Waals surface area contributed by atoms with Crippen molar-refractivity contribution in [1.82, 2.24) is 29.9 Å². The van der Waals surface area contributed by atoms with Crippen LogP contribution in [0, 0.1) is 12.7 Å². The Morgan fingerprint density at radius 2 is 2.04 bits per heavy atom. The van der Waals surface area contributed by atoms with Crippen LogP contribution in [0.15, 0.2) is 36.8 Å². The van der Waals surface area contributed by atoms with Crippen molar-refractivity contribution in [2.75, 3.05) is 13.1 Å². The topological polar surface area (TPSA) is 62.6 Å². The van der Waals surface area contributed by atoms with Gasteiger partial charge in [0.05, 0.1) is 23.6 Å². The number of benzene rings is 1. The molecule has 1 saturated heterocycles. The van der Waals surface area contributed by atoms with Gasteiger partial charge in [-0.2, -0.15) is 10.2 Å². The Bertz CT molecular complexity index is 1150. The third kappa shape index (κ3) is 2.88. The number of aromatic nitrogens is 5. The second kappa shape index (κ2) is 6.53. The monoisotopic (exact) mass is 376 g/mol. The van der Waals surface area contributed by atoms with Crippen LogP contribution in [0.4, 0.5) is 4.39 Å². The van der Waals surface area contributed by atoms with Gasteiger partial charge in [-0.15, -0.1) is 0 Å². The van der Waals surface area contributed by atoms with Crippen LogP contribution in [0.25, 0.3) is 33.4 Å². The molecule has 0 amide bonds. The van der Waals surface area contributed by atoms with Crippen molar-refractivity contribution in [1.29, 1.82) is 0 Å². The van der Waals surface area contributed by atoms with E-state index in [-0.39, 0.29) is 5.82 Å². The number of pyridine rings is 1. The normalized spacial score (nSPS) is 14.5. The van der Waals surface area contributed by atoms with Crippen LogP contribution in [-0.4, -0.2) is 43.0 Å². The lowest BCUT2D eigenvalue weighted by Crippen LogP contribution is -2.36. The lowest BCUT2D eigenvalue weighted by atomic mass is 9.99. The molecule has 142 valence electrons. The Morgan fingerprint density at radius 1 is 1.18 bits per heavy atom. The minimum atomic E-state index is -0.228. The number of fused-ring (bicyclic) bond motifs is 1. The minimum Gasteiger partial charge on any atom is -0.299 e. The molecule has 1 aromatic carbocycles. The summed E-state index contributed by atoms with van der Waals surface area (Å²) in [6.45, 7) is 4.94. The quantitative estimate of drug-likeness (QED) is 0.590. The summed E-state index contributed by atoms with van der Waals surface area (Å²) in [5.41, 5.74) is 5.59. The van der Waals surface area contributed by atoms with E-state index in [0.29, 0.717) is 11.3 Å². The van der Waals surface area contributed by atoms with Crippen LogP contribution in [-0.2, 0) is 13.6 Å². The van der Waals surface area contributed by atoms with E-state index in [4.69, 9.17) is 0 Å². The molecule has 4 aromatic rings. The summed E-state index contributed by atoms with van der Waals surface area (Å²) in [7, 11) is 1.87. The number of likely N-dealkylation sites (tertiary alicyclic amines) is 1. The van der Waals surface area contributed by atoms with Gasteiger partial charge in [-0.3, -0.25) is 19.7 Å². The number of aryl methyl sites for hydroxylation is 2. The molecule has 0 atom stereocenters. The predicted octanol–water partition coefficient (Wildman–Crippen LogP) is 3.68. The van der Waals surface area contributed by atoms with Crippen molar-refractivity contribution in [3.63, 3.8) is 0 Å². The fourth-order valence-electron chi connectivity index (χ4n) is 3.85. The number of nitrogens with zero attached hydrogens (tertiary/aromatic N) is 5. The summed E-state index contributed by atoms with van der Waals surface area (Å²) in [6, 6.07) is 5.62. The largest absolute Gasteiger partial charge is 0.299 e. The molecular formula is C21H21FN6. The first-order valence-corrected chi connectivity index (χ1v) is 9.43. The number of halogens is 1. The number of hydrogen-bond acceptors (Lipinski definition) is 4. The van der Waals surface area contributed by atoms with Gasteiger partial charge in [0.25, 0.3) is 0 Å². The SMILES string of the molecule is Cc1cc(CN2CCC2)cc(F)c1-c1cc2c(-c3cnn(C)c3)n[nH]c2cn1. The molecule has 3 aromatic heterocycles. The summed E-state index contributed by atoms with van der Waals surface area (Å²) < 4.78 is 16.8. The molecular weight excluding hydrogens is 355 g/mol. The third-order valence-corrected chi connectivity index (χ3v) is 5.38. The number of rotatable bonds is 4. The van der Waals surface area contributed by atoms with Crippen LogP contribution >= 0.6 is 0 Å². The maximum absolute atomic E-state index is 15.0. The number of nitrogens with one attached hydrogen (secondary N) is 1. The van der Waals surface area contributed by atoms with Crippen LogP contribution in [0.2, 0.25) is 0 Å². The summed E-state index contributed by atoms with van der Waals surface area (Å²) in [5.74, 6) is -0.228. The average Bonchev–Trinajstić information content (AvgIpc) is 3.23. The van der Waals surface area contributed by atoms with E-state index in [1.807, 2.05) is 26.2 Å². The number of aromatic amines is 1. The van der Waals surface area contributed by atoms with E-state index in [1.165, 1.54) is 6.42 Å². The van der Waals surface area contributed by atoms with Gasteiger partial charge < -0.3 is 0 Å². The van der Waals surface area contributed by atoms with Crippen molar-refractivity contribution in [2.45, 2.75) is 19.9 Å². The molecule has 0 bridgehead atoms.